The van der Waals surface area contributed by atoms with Crippen LogP contribution in [0.4, 0.5) is 0 Å². The van der Waals surface area contributed by atoms with Crippen molar-refractivity contribution in [2.75, 3.05) is 0 Å². The monoisotopic (exact) mass is 286 g/mol. The Kier molecular flexibility index (Phi) is 2.34. The first-order valence-corrected chi connectivity index (χ1v) is 8.98. The summed E-state index contributed by atoms with van der Waals surface area (Å²) < 4.78 is 0. The second-order valence-electron chi connectivity index (χ2n) is 8.89. The molecule has 2 heteroatoms. The maximum absolute atomic E-state index is 12.3. The number of hydrogen-bond donors (Lipinski definition) is 1. The lowest BCUT2D eigenvalue weighted by Crippen LogP contribution is -2.49. The molecule has 0 spiro atoms. The van der Waals surface area contributed by atoms with Crippen LogP contribution in [0.3, 0.4) is 0 Å². The molecule has 1 N–H and O–H groups in total. The van der Waals surface area contributed by atoms with Crippen LogP contribution in [-0.2, 0) is 4.79 Å². The van der Waals surface area contributed by atoms with E-state index >= 15 is 0 Å². The van der Waals surface area contributed by atoms with Gasteiger partial charge in [-0.3, -0.25) is 4.79 Å². The summed E-state index contributed by atoms with van der Waals surface area (Å²) in [6, 6.07) is 0. The summed E-state index contributed by atoms with van der Waals surface area (Å²) >= 11 is 0. The lowest BCUT2D eigenvalue weighted by molar-refractivity contribution is -0.131. The molecule has 5 aliphatic rings. The number of fused-ring (bicyclic) bond motifs is 7. The highest BCUT2D eigenvalue weighted by atomic mass is 16.3. The van der Waals surface area contributed by atoms with Crippen molar-refractivity contribution in [2.24, 2.45) is 40.9 Å². The van der Waals surface area contributed by atoms with Crippen molar-refractivity contribution in [3.8, 4) is 0 Å². The molecule has 5 aliphatic carbocycles. The highest BCUT2D eigenvalue weighted by Crippen LogP contribution is 2.66. The molecule has 8 atom stereocenters. The van der Waals surface area contributed by atoms with E-state index in [0.29, 0.717) is 17.6 Å². The Morgan fingerprint density at radius 1 is 1.05 bits per heavy atom. The smallest absolute Gasteiger partial charge is 0.161 e. The summed E-state index contributed by atoms with van der Waals surface area (Å²) in [4.78, 5) is 12.3. The summed E-state index contributed by atoms with van der Waals surface area (Å²) in [5.41, 5.74) is -0.344. The van der Waals surface area contributed by atoms with Crippen molar-refractivity contribution < 1.29 is 9.90 Å². The van der Waals surface area contributed by atoms with Gasteiger partial charge in [0.2, 0.25) is 0 Å². The normalized spacial score (nSPS) is 60.8. The third kappa shape index (κ3) is 1.50. The average molecular weight is 286 g/mol. The van der Waals surface area contributed by atoms with Gasteiger partial charge in [0.05, 0.1) is 5.60 Å². The van der Waals surface area contributed by atoms with E-state index in [9.17, 15) is 9.90 Å². The van der Waals surface area contributed by atoms with Crippen LogP contribution in [0.5, 0.6) is 0 Å². The van der Waals surface area contributed by atoms with Crippen LogP contribution in [0.2, 0.25) is 0 Å². The zero-order valence-electron chi connectivity index (χ0n) is 12.9. The van der Waals surface area contributed by atoms with Crippen molar-refractivity contribution in [1.82, 2.24) is 0 Å². The lowest BCUT2D eigenvalue weighted by Gasteiger charge is -2.54. The molecule has 5 rings (SSSR count). The molecule has 1 unspecified atom stereocenters. The molecule has 0 heterocycles. The SMILES string of the molecule is C[C@]12CC[C@@H]3[C@H]4CC[C@]5(O)CC5[C@H]4CC[C@H]3[C@@H]1C=CC2=O. The first-order valence-electron chi connectivity index (χ1n) is 8.98. The van der Waals surface area contributed by atoms with E-state index in [-0.39, 0.29) is 11.0 Å². The summed E-state index contributed by atoms with van der Waals surface area (Å²) in [5.74, 6) is 4.69. The van der Waals surface area contributed by atoms with Gasteiger partial charge in [-0.05, 0) is 86.5 Å². The third-order valence-electron chi connectivity index (χ3n) is 8.23. The molecule has 0 bridgehead atoms. The summed E-state index contributed by atoms with van der Waals surface area (Å²) in [6.45, 7) is 2.21. The number of rotatable bonds is 0. The second-order valence-corrected chi connectivity index (χ2v) is 8.89. The number of carbonyl (C=O) groups excluding carboxylic acids is 1. The molecule has 4 saturated carbocycles. The van der Waals surface area contributed by atoms with Gasteiger partial charge >= 0.3 is 0 Å². The van der Waals surface area contributed by atoms with E-state index in [0.717, 1.165) is 42.9 Å². The van der Waals surface area contributed by atoms with E-state index in [1.165, 1.54) is 25.7 Å². The molecule has 0 radical (unpaired) electrons. The van der Waals surface area contributed by atoms with Crippen molar-refractivity contribution in [1.29, 1.82) is 0 Å². The number of ketones is 1. The molecule has 0 saturated heterocycles. The Morgan fingerprint density at radius 2 is 1.76 bits per heavy atom. The fourth-order valence-corrected chi connectivity index (χ4v) is 6.96. The van der Waals surface area contributed by atoms with E-state index in [1.807, 2.05) is 6.08 Å². The number of hydrogen-bond acceptors (Lipinski definition) is 2. The lowest BCUT2D eigenvalue weighted by atomic mass is 9.50. The molecular weight excluding hydrogens is 260 g/mol. The van der Waals surface area contributed by atoms with Crippen LogP contribution in [0.1, 0.15) is 51.9 Å². The van der Waals surface area contributed by atoms with Crippen LogP contribution in [-0.4, -0.2) is 16.5 Å². The zero-order chi connectivity index (χ0) is 14.4. The molecule has 2 nitrogen and oxygen atoms in total. The average Bonchev–Trinajstić information content (AvgIpc) is 3.08. The molecule has 0 aromatic rings. The minimum absolute atomic E-state index is 0.0804. The molecule has 4 fully saturated rings. The fraction of sp³-hybridized carbons (Fsp3) is 0.842. The predicted octanol–water partition coefficient (Wildman–Crippen LogP) is 3.35. The van der Waals surface area contributed by atoms with E-state index in [2.05, 4.69) is 13.0 Å². The van der Waals surface area contributed by atoms with Crippen molar-refractivity contribution in [2.45, 2.75) is 57.5 Å². The number of carbonyl (C=O) groups is 1. The van der Waals surface area contributed by atoms with Crippen LogP contribution < -0.4 is 0 Å². The third-order valence-corrected chi connectivity index (χ3v) is 8.23. The molecule has 21 heavy (non-hydrogen) atoms. The predicted molar refractivity (Wildman–Crippen MR) is 80.5 cm³/mol. The first kappa shape index (κ1) is 12.9. The van der Waals surface area contributed by atoms with Gasteiger partial charge in [-0.15, -0.1) is 0 Å². The Hall–Kier alpha value is -0.630. The number of allylic oxidation sites excluding steroid dienone is 2. The molecule has 0 aromatic carbocycles. The van der Waals surface area contributed by atoms with Gasteiger partial charge in [0.25, 0.3) is 0 Å². The minimum atomic E-state index is -0.263. The largest absolute Gasteiger partial charge is 0.390 e. The van der Waals surface area contributed by atoms with Gasteiger partial charge in [0.15, 0.2) is 5.78 Å². The van der Waals surface area contributed by atoms with E-state index in [4.69, 9.17) is 0 Å². The van der Waals surface area contributed by atoms with Crippen LogP contribution >= 0.6 is 0 Å². The van der Waals surface area contributed by atoms with Crippen LogP contribution in [0.15, 0.2) is 12.2 Å². The van der Waals surface area contributed by atoms with E-state index < -0.39 is 0 Å². The summed E-state index contributed by atoms with van der Waals surface area (Å²) in [7, 11) is 0. The highest BCUT2D eigenvalue weighted by molar-refractivity contribution is 5.97. The van der Waals surface area contributed by atoms with Gasteiger partial charge in [-0.25, -0.2) is 0 Å². The molecule has 0 amide bonds. The van der Waals surface area contributed by atoms with Gasteiger partial charge in [-0.2, -0.15) is 0 Å². The first-order chi connectivity index (χ1) is 10.0. The Balaban J connectivity index is 1.44. The zero-order valence-corrected chi connectivity index (χ0v) is 12.9. The van der Waals surface area contributed by atoms with Gasteiger partial charge in [0, 0.05) is 5.41 Å². The highest BCUT2D eigenvalue weighted by Gasteiger charge is 2.64. The molecular formula is C19H26O2. The van der Waals surface area contributed by atoms with Crippen molar-refractivity contribution in [3.05, 3.63) is 12.2 Å². The topological polar surface area (TPSA) is 37.3 Å². The quantitative estimate of drug-likeness (QED) is 0.741. The minimum Gasteiger partial charge on any atom is -0.390 e. The maximum Gasteiger partial charge on any atom is 0.161 e. The van der Waals surface area contributed by atoms with Crippen molar-refractivity contribution >= 4 is 5.78 Å². The Labute approximate surface area is 127 Å². The van der Waals surface area contributed by atoms with E-state index in [1.54, 1.807) is 0 Å². The number of aliphatic hydroxyl groups is 1. The fourth-order valence-electron chi connectivity index (χ4n) is 6.96. The van der Waals surface area contributed by atoms with Crippen LogP contribution in [0, 0.1) is 40.9 Å². The second kappa shape index (κ2) is 3.82. The molecule has 0 aromatic heterocycles. The standard InChI is InChI=1S/C19H26O2/c1-18-8-6-11-12-7-9-19(21)10-16(19)14(12)3-2-13(11)15(18)4-5-17(18)20/h4-5,11-16,21H,2-3,6-10H2,1H3/t11-,12-,13-,14+,15+,16?,18+,19+/m1/s1. The van der Waals surface area contributed by atoms with Gasteiger partial charge < -0.3 is 5.11 Å². The van der Waals surface area contributed by atoms with Crippen LogP contribution in [0.25, 0.3) is 0 Å². The Bertz CT molecular complexity index is 538. The Morgan fingerprint density at radius 3 is 2.62 bits per heavy atom. The maximum atomic E-state index is 12.3. The molecule has 0 aliphatic heterocycles. The van der Waals surface area contributed by atoms with Gasteiger partial charge in [0.1, 0.15) is 0 Å². The molecule has 114 valence electrons. The van der Waals surface area contributed by atoms with Crippen molar-refractivity contribution in [3.63, 3.8) is 0 Å². The van der Waals surface area contributed by atoms with Gasteiger partial charge in [-0.1, -0.05) is 13.0 Å². The summed E-state index contributed by atoms with van der Waals surface area (Å²) in [5, 5.41) is 10.5. The summed E-state index contributed by atoms with van der Waals surface area (Å²) in [6.07, 6.45) is 12.4.